The number of rotatable bonds is 8. The van der Waals surface area contributed by atoms with Gasteiger partial charge in [0.15, 0.2) is 0 Å². The molecule has 0 aliphatic rings. The zero-order valence-corrected chi connectivity index (χ0v) is 13.2. The Bertz CT molecular complexity index is 374. The van der Waals surface area contributed by atoms with Crippen molar-refractivity contribution in [3.05, 3.63) is 23.0 Å². The van der Waals surface area contributed by atoms with Crippen LogP contribution in [0.3, 0.4) is 0 Å². The van der Waals surface area contributed by atoms with Crippen LogP contribution < -0.4 is 5.32 Å². The van der Waals surface area contributed by atoms with Crippen LogP contribution in [0, 0.1) is 12.8 Å². The quantitative estimate of drug-likeness (QED) is 0.774. The molecular weight excluding hydrogens is 234 g/mol. The summed E-state index contributed by atoms with van der Waals surface area (Å²) < 4.78 is 0. The van der Waals surface area contributed by atoms with Gasteiger partial charge in [-0.3, -0.25) is 0 Å². The molecule has 1 unspecified atom stereocenters. The molecule has 3 nitrogen and oxygen atoms in total. The van der Waals surface area contributed by atoms with Gasteiger partial charge in [0, 0.05) is 6.04 Å². The molecule has 3 heteroatoms. The summed E-state index contributed by atoms with van der Waals surface area (Å²) in [5.41, 5.74) is 3.50. The van der Waals surface area contributed by atoms with E-state index < -0.39 is 0 Å². The Morgan fingerprint density at radius 1 is 1.16 bits per heavy atom. The molecule has 1 heterocycles. The molecule has 0 spiro atoms. The van der Waals surface area contributed by atoms with E-state index in [1.807, 2.05) is 6.92 Å². The van der Waals surface area contributed by atoms with Gasteiger partial charge < -0.3 is 5.32 Å². The molecule has 0 fully saturated rings. The molecule has 0 aliphatic carbocycles. The van der Waals surface area contributed by atoms with E-state index in [9.17, 15) is 0 Å². The first-order valence-corrected chi connectivity index (χ1v) is 7.64. The number of hydrogen-bond donors (Lipinski definition) is 1. The average molecular weight is 263 g/mol. The van der Waals surface area contributed by atoms with Gasteiger partial charge in [-0.1, -0.05) is 40.5 Å². The van der Waals surface area contributed by atoms with Crippen LogP contribution in [0.5, 0.6) is 0 Å². The maximum atomic E-state index is 4.35. The lowest BCUT2D eigenvalue weighted by atomic mass is 9.96. The predicted octanol–water partition coefficient (Wildman–Crippen LogP) is 3.82. The minimum atomic E-state index is 0.424. The fraction of sp³-hybridized carbons (Fsp3) is 0.750. The molecule has 0 aromatic carbocycles. The Kier molecular flexibility index (Phi) is 7.00. The molecule has 0 aliphatic heterocycles. The standard InChI is InChI=1S/C16H29N3/c1-6-15-14(11-13(5)18-19-15)16(17-7-2)10-8-9-12(3)4/h11-12,16-17H,6-10H2,1-5H3. The summed E-state index contributed by atoms with van der Waals surface area (Å²) in [6, 6.07) is 2.63. The Morgan fingerprint density at radius 2 is 1.89 bits per heavy atom. The van der Waals surface area contributed by atoms with Gasteiger partial charge in [0.1, 0.15) is 0 Å². The highest BCUT2D eigenvalue weighted by Crippen LogP contribution is 2.23. The molecule has 1 aromatic heterocycles. The second kappa shape index (κ2) is 8.26. The number of nitrogens with zero attached hydrogens (tertiary/aromatic N) is 2. The van der Waals surface area contributed by atoms with E-state index in [1.54, 1.807) is 0 Å². The molecule has 1 N–H and O–H groups in total. The molecule has 0 bridgehead atoms. The molecule has 108 valence electrons. The maximum absolute atomic E-state index is 4.35. The van der Waals surface area contributed by atoms with Crippen LogP contribution in [0.4, 0.5) is 0 Å². The van der Waals surface area contributed by atoms with Crippen LogP contribution in [-0.4, -0.2) is 16.7 Å². The van der Waals surface area contributed by atoms with Gasteiger partial charge in [0.2, 0.25) is 0 Å². The van der Waals surface area contributed by atoms with Crippen molar-refractivity contribution in [1.82, 2.24) is 15.5 Å². The SMILES string of the molecule is CCNC(CCCC(C)C)c1cc(C)nnc1CC. The molecule has 1 rings (SSSR count). The fourth-order valence-electron chi connectivity index (χ4n) is 2.45. The van der Waals surface area contributed by atoms with Crippen molar-refractivity contribution in [2.45, 2.75) is 66.3 Å². The van der Waals surface area contributed by atoms with Crippen LogP contribution >= 0.6 is 0 Å². The van der Waals surface area contributed by atoms with Crippen LogP contribution in [-0.2, 0) is 6.42 Å². The van der Waals surface area contributed by atoms with Crippen molar-refractivity contribution in [3.8, 4) is 0 Å². The Balaban J connectivity index is 2.81. The molecule has 19 heavy (non-hydrogen) atoms. The monoisotopic (exact) mass is 263 g/mol. The first-order chi connectivity index (χ1) is 9.08. The van der Waals surface area contributed by atoms with Gasteiger partial charge >= 0.3 is 0 Å². The third-order valence-corrected chi connectivity index (χ3v) is 3.46. The number of aromatic nitrogens is 2. The van der Waals surface area contributed by atoms with Crippen molar-refractivity contribution in [3.63, 3.8) is 0 Å². The van der Waals surface area contributed by atoms with E-state index >= 15 is 0 Å². The molecule has 1 atom stereocenters. The van der Waals surface area contributed by atoms with Crippen LogP contribution in [0.25, 0.3) is 0 Å². The van der Waals surface area contributed by atoms with Gasteiger partial charge in [0.25, 0.3) is 0 Å². The summed E-state index contributed by atoms with van der Waals surface area (Å²) in [6.07, 6.45) is 4.69. The van der Waals surface area contributed by atoms with Crippen molar-refractivity contribution in [2.24, 2.45) is 5.92 Å². The highest BCUT2D eigenvalue weighted by atomic mass is 15.1. The van der Waals surface area contributed by atoms with E-state index in [2.05, 4.69) is 49.3 Å². The minimum absolute atomic E-state index is 0.424. The summed E-state index contributed by atoms with van der Waals surface area (Å²) in [6.45, 7) is 11.9. The lowest BCUT2D eigenvalue weighted by Crippen LogP contribution is -2.23. The van der Waals surface area contributed by atoms with Gasteiger partial charge in [-0.15, -0.1) is 0 Å². The van der Waals surface area contributed by atoms with Crippen molar-refractivity contribution in [2.75, 3.05) is 6.54 Å². The summed E-state index contributed by atoms with van der Waals surface area (Å²) >= 11 is 0. The lowest BCUT2D eigenvalue weighted by molar-refractivity contribution is 0.451. The Morgan fingerprint density at radius 3 is 2.47 bits per heavy atom. The van der Waals surface area contributed by atoms with Crippen molar-refractivity contribution < 1.29 is 0 Å². The predicted molar refractivity (Wildman–Crippen MR) is 81.3 cm³/mol. The van der Waals surface area contributed by atoms with Crippen molar-refractivity contribution in [1.29, 1.82) is 0 Å². The molecule has 0 saturated carbocycles. The molecule has 0 amide bonds. The van der Waals surface area contributed by atoms with E-state index in [4.69, 9.17) is 0 Å². The average Bonchev–Trinajstić information content (AvgIpc) is 2.37. The summed E-state index contributed by atoms with van der Waals surface area (Å²) in [5.74, 6) is 0.783. The van der Waals surface area contributed by atoms with Gasteiger partial charge in [-0.2, -0.15) is 10.2 Å². The van der Waals surface area contributed by atoms with Crippen molar-refractivity contribution >= 4 is 0 Å². The fourth-order valence-corrected chi connectivity index (χ4v) is 2.45. The molecule has 1 aromatic rings. The molecular formula is C16H29N3. The van der Waals surface area contributed by atoms with Gasteiger partial charge in [-0.05, 0) is 43.9 Å². The van der Waals surface area contributed by atoms with Crippen LogP contribution in [0.1, 0.15) is 70.0 Å². The van der Waals surface area contributed by atoms with Crippen LogP contribution in [0.15, 0.2) is 6.07 Å². The maximum Gasteiger partial charge on any atom is 0.0676 e. The molecule has 0 radical (unpaired) electrons. The zero-order valence-electron chi connectivity index (χ0n) is 13.2. The van der Waals surface area contributed by atoms with Gasteiger partial charge in [-0.25, -0.2) is 0 Å². The highest BCUT2D eigenvalue weighted by Gasteiger charge is 2.15. The summed E-state index contributed by atoms with van der Waals surface area (Å²) in [5, 5.41) is 12.1. The lowest BCUT2D eigenvalue weighted by Gasteiger charge is -2.21. The second-order valence-electron chi connectivity index (χ2n) is 5.68. The van der Waals surface area contributed by atoms with E-state index in [0.29, 0.717) is 6.04 Å². The zero-order chi connectivity index (χ0) is 14.3. The van der Waals surface area contributed by atoms with E-state index in [-0.39, 0.29) is 0 Å². The number of aryl methyl sites for hydroxylation is 2. The Labute approximate surface area is 118 Å². The third-order valence-electron chi connectivity index (χ3n) is 3.46. The van der Waals surface area contributed by atoms with Crippen LogP contribution in [0.2, 0.25) is 0 Å². The normalized spacial score (nSPS) is 12.9. The second-order valence-corrected chi connectivity index (χ2v) is 5.68. The highest BCUT2D eigenvalue weighted by molar-refractivity contribution is 5.24. The third kappa shape index (κ3) is 5.27. The minimum Gasteiger partial charge on any atom is -0.310 e. The largest absolute Gasteiger partial charge is 0.310 e. The summed E-state index contributed by atoms with van der Waals surface area (Å²) in [7, 11) is 0. The number of hydrogen-bond acceptors (Lipinski definition) is 3. The topological polar surface area (TPSA) is 37.8 Å². The van der Waals surface area contributed by atoms with E-state index in [1.165, 1.54) is 24.8 Å². The first kappa shape index (κ1) is 16.1. The van der Waals surface area contributed by atoms with E-state index in [0.717, 1.165) is 30.3 Å². The summed E-state index contributed by atoms with van der Waals surface area (Å²) in [4.78, 5) is 0. The van der Waals surface area contributed by atoms with Gasteiger partial charge in [0.05, 0.1) is 11.4 Å². The Hall–Kier alpha value is -0.960. The number of nitrogens with one attached hydrogen (secondary N) is 1. The smallest absolute Gasteiger partial charge is 0.0676 e. The first-order valence-electron chi connectivity index (χ1n) is 7.64. The molecule has 0 saturated heterocycles.